The maximum Gasteiger partial charge on any atom is 0.408 e. The lowest BCUT2D eigenvalue weighted by molar-refractivity contribution is -0.134. The molecule has 6 heteroatoms. The van der Waals surface area contributed by atoms with Crippen LogP contribution in [0.25, 0.3) is 0 Å². The number of benzene rings is 1. The van der Waals surface area contributed by atoms with E-state index in [-0.39, 0.29) is 5.91 Å². The van der Waals surface area contributed by atoms with Gasteiger partial charge in [-0.2, -0.15) is 0 Å². The van der Waals surface area contributed by atoms with Crippen LogP contribution in [0.5, 0.6) is 0 Å². The average Bonchev–Trinajstić information content (AvgIpc) is 2.53. The zero-order valence-electron chi connectivity index (χ0n) is 14.7. The highest BCUT2D eigenvalue weighted by molar-refractivity contribution is 5.86. The van der Waals surface area contributed by atoms with E-state index in [0.717, 1.165) is 18.7 Å². The SMILES string of the molecule is CC(C)(C)OC(=O)N[C@@H](Cc1ccccc1)C(=O)N1CCNCC1. The van der Waals surface area contributed by atoms with E-state index in [4.69, 9.17) is 4.74 Å². The van der Waals surface area contributed by atoms with Crippen molar-refractivity contribution in [1.82, 2.24) is 15.5 Å². The zero-order chi connectivity index (χ0) is 17.6. The van der Waals surface area contributed by atoms with Crippen LogP contribution in [0.1, 0.15) is 26.3 Å². The van der Waals surface area contributed by atoms with Crippen LogP contribution in [0, 0.1) is 0 Å². The molecule has 0 aromatic heterocycles. The van der Waals surface area contributed by atoms with Crippen molar-refractivity contribution < 1.29 is 14.3 Å². The number of ether oxygens (including phenoxy) is 1. The first kappa shape index (κ1) is 18.3. The molecule has 0 radical (unpaired) electrons. The van der Waals surface area contributed by atoms with Gasteiger partial charge >= 0.3 is 6.09 Å². The first-order valence-electron chi connectivity index (χ1n) is 8.38. The van der Waals surface area contributed by atoms with Gasteiger partial charge in [-0.25, -0.2) is 4.79 Å². The fourth-order valence-electron chi connectivity index (χ4n) is 2.61. The summed E-state index contributed by atoms with van der Waals surface area (Å²) in [5.74, 6) is -0.0637. The standard InChI is InChI=1S/C18H27N3O3/c1-18(2,3)24-17(23)20-15(13-14-7-5-4-6-8-14)16(22)21-11-9-19-10-12-21/h4-8,15,19H,9-13H2,1-3H3,(H,20,23)/t15-/m0/s1. The summed E-state index contributed by atoms with van der Waals surface area (Å²) in [7, 11) is 0. The fraction of sp³-hybridized carbons (Fsp3) is 0.556. The highest BCUT2D eigenvalue weighted by atomic mass is 16.6. The Morgan fingerprint density at radius 1 is 1.21 bits per heavy atom. The number of hydrogen-bond acceptors (Lipinski definition) is 4. The first-order chi connectivity index (χ1) is 11.3. The molecule has 1 atom stereocenters. The first-order valence-corrected chi connectivity index (χ1v) is 8.38. The molecule has 1 fully saturated rings. The van der Waals surface area contributed by atoms with Crippen LogP contribution < -0.4 is 10.6 Å². The predicted molar refractivity (Wildman–Crippen MR) is 92.8 cm³/mol. The lowest BCUT2D eigenvalue weighted by Gasteiger charge is -2.31. The monoisotopic (exact) mass is 333 g/mol. The number of carbonyl (C=O) groups excluding carboxylic acids is 2. The molecule has 2 amide bonds. The third-order valence-electron chi connectivity index (χ3n) is 3.70. The number of hydrogen-bond donors (Lipinski definition) is 2. The molecule has 6 nitrogen and oxygen atoms in total. The molecule has 0 saturated carbocycles. The van der Waals surface area contributed by atoms with Gasteiger partial charge in [0.1, 0.15) is 11.6 Å². The van der Waals surface area contributed by atoms with E-state index in [2.05, 4.69) is 10.6 Å². The van der Waals surface area contributed by atoms with Gasteiger partial charge in [-0.1, -0.05) is 30.3 Å². The Hall–Kier alpha value is -2.08. The van der Waals surface area contributed by atoms with Crippen molar-refractivity contribution >= 4 is 12.0 Å². The van der Waals surface area contributed by atoms with E-state index in [1.807, 2.05) is 30.3 Å². The molecule has 1 saturated heterocycles. The Labute approximate surface area is 143 Å². The average molecular weight is 333 g/mol. The van der Waals surface area contributed by atoms with Crippen LogP contribution in [0.2, 0.25) is 0 Å². The molecule has 1 aromatic rings. The Balaban J connectivity index is 2.08. The summed E-state index contributed by atoms with van der Waals surface area (Å²) in [5, 5.41) is 5.97. The lowest BCUT2D eigenvalue weighted by atomic mass is 10.0. The summed E-state index contributed by atoms with van der Waals surface area (Å²) >= 11 is 0. The smallest absolute Gasteiger partial charge is 0.408 e. The topological polar surface area (TPSA) is 70.7 Å². The van der Waals surface area contributed by atoms with Gasteiger partial charge in [0.25, 0.3) is 0 Å². The van der Waals surface area contributed by atoms with Gasteiger partial charge in [0.15, 0.2) is 0 Å². The van der Waals surface area contributed by atoms with Crippen molar-refractivity contribution in [3.8, 4) is 0 Å². The van der Waals surface area contributed by atoms with Gasteiger partial charge in [0, 0.05) is 32.6 Å². The van der Waals surface area contributed by atoms with Crippen LogP contribution in [-0.2, 0) is 16.0 Å². The third-order valence-corrected chi connectivity index (χ3v) is 3.70. The van der Waals surface area contributed by atoms with E-state index in [9.17, 15) is 9.59 Å². The molecule has 0 unspecified atom stereocenters. The van der Waals surface area contributed by atoms with E-state index >= 15 is 0 Å². The second kappa shape index (κ2) is 8.15. The molecule has 24 heavy (non-hydrogen) atoms. The highest BCUT2D eigenvalue weighted by Crippen LogP contribution is 2.10. The lowest BCUT2D eigenvalue weighted by Crippen LogP contribution is -2.55. The molecular weight excluding hydrogens is 306 g/mol. The number of rotatable bonds is 4. The van der Waals surface area contributed by atoms with Crippen molar-refractivity contribution in [3.05, 3.63) is 35.9 Å². The summed E-state index contributed by atoms with van der Waals surface area (Å²) in [6.45, 7) is 8.26. The van der Waals surface area contributed by atoms with Crippen LogP contribution in [0.3, 0.4) is 0 Å². The van der Waals surface area contributed by atoms with E-state index in [1.165, 1.54) is 0 Å². The van der Waals surface area contributed by atoms with Gasteiger partial charge in [-0.15, -0.1) is 0 Å². The minimum Gasteiger partial charge on any atom is -0.444 e. The molecule has 2 rings (SSSR count). The van der Waals surface area contributed by atoms with Crippen molar-refractivity contribution in [2.24, 2.45) is 0 Å². The van der Waals surface area contributed by atoms with Gasteiger partial charge in [0.05, 0.1) is 0 Å². The summed E-state index contributed by atoms with van der Waals surface area (Å²) in [4.78, 5) is 26.8. The molecule has 2 N–H and O–H groups in total. The molecule has 1 aliphatic heterocycles. The minimum absolute atomic E-state index is 0.0637. The number of amides is 2. The number of piperazine rings is 1. The van der Waals surface area contributed by atoms with Gasteiger partial charge in [-0.3, -0.25) is 4.79 Å². The van der Waals surface area contributed by atoms with Gasteiger partial charge < -0.3 is 20.3 Å². The molecule has 1 aliphatic rings. The molecular formula is C18H27N3O3. The third kappa shape index (κ3) is 5.85. The summed E-state index contributed by atoms with van der Waals surface area (Å²) in [6.07, 6.45) is -0.116. The molecule has 0 bridgehead atoms. The predicted octanol–water partition coefficient (Wildman–Crippen LogP) is 1.55. The second-order valence-electron chi connectivity index (χ2n) is 6.96. The Kier molecular flexibility index (Phi) is 6.20. The maximum absolute atomic E-state index is 12.8. The Bertz CT molecular complexity index is 548. The second-order valence-corrected chi connectivity index (χ2v) is 6.96. The van der Waals surface area contributed by atoms with Gasteiger partial charge in [-0.05, 0) is 26.3 Å². The fourth-order valence-corrected chi connectivity index (χ4v) is 2.61. The van der Waals surface area contributed by atoms with Gasteiger partial charge in [0.2, 0.25) is 5.91 Å². The number of nitrogens with zero attached hydrogens (tertiary/aromatic N) is 1. The normalized spacial score (nSPS) is 16.4. The number of carbonyl (C=O) groups is 2. The van der Waals surface area contributed by atoms with E-state index in [1.54, 1.807) is 25.7 Å². The van der Waals surface area contributed by atoms with Crippen LogP contribution in [-0.4, -0.2) is 54.7 Å². The zero-order valence-corrected chi connectivity index (χ0v) is 14.7. The van der Waals surface area contributed by atoms with E-state index in [0.29, 0.717) is 19.5 Å². The largest absolute Gasteiger partial charge is 0.444 e. The quantitative estimate of drug-likeness (QED) is 0.877. The van der Waals surface area contributed by atoms with E-state index < -0.39 is 17.7 Å². The van der Waals surface area contributed by atoms with Crippen molar-refractivity contribution in [3.63, 3.8) is 0 Å². The summed E-state index contributed by atoms with van der Waals surface area (Å²) in [5.41, 5.74) is 0.404. The number of nitrogens with one attached hydrogen (secondary N) is 2. The molecule has 0 spiro atoms. The molecule has 0 aliphatic carbocycles. The number of alkyl carbamates (subject to hydrolysis) is 1. The Morgan fingerprint density at radius 2 is 1.83 bits per heavy atom. The van der Waals surface area contributed by atoms with Crippen LogP contribution in [0.15, 0.2) is 30.3 Å². The molecule has 1 heterocycles. The molecule has 132 valence electrons. The van der Waals surface area contributed by atoms with Crippen molar-refractivity contribution in [2.45, 2.75) is 38.8 Å². The minimum atomic E-state index is -0.625. The van der Waals surface area contributed by atoms with Crippen LogP contribution >= 0.6 is 0 Å². The van der Waals surface area contributed by atoms with Crippen molar-refractivity contribution in [2.75, 3.05) is 26.2 Å². The summed E-state index contributed by atoms with van der Waals surface area (Å²) < 4.78 is 5.31. The molecule has 1 aromatic carbocycles. The van der Waals surface area contributed by atoms with Crippen LogP contribution in [0.4, 0.5) is 4.79 Å². The highest BCUT2D eigenvalue weighted by Gasteiger charge is 2.28. The van der Waals surface area contributed by atoms with Crippen molar-refractivity contribution in [1.29, 1.82) is 0 Å². The Morgan fingerprint density at radius 3 is 2.42 bits per heavy atom. The maximum atomic E-state index is 12.8. The summed E-state index contributed by atoms with van der Waals surface area (Å²) in [6, 6.07) is 9.06.